The molecule has 94 valence electrons. The maximum absolute atomic E-state index is 5.35. The van der Waals surface area contributed by atoms with E-state index in [1.54, 1.807) is 0 Å². The first-order valence-corrected chi connectivity index (χ1v) is 6.39. The molecule has 1 heteroatoms. The van der Waals surface area contributed by atoms with Crippen molar-refractivity contribution in [3.63, 3.8) is 0 Å². The number of hydrogen-bond acceptors (Lipinski definition) is 1. The second-order valence-corrected chi connectivity index (χ2v) is 3.08. The summed E-state index contributed by atoms with van der Waals surface area (Å²) >= 11 is 0. The van der Waals surface area contributed by atoms with Crippen molar-refractivity contribution in [2.75, 3.05) is 6.61 Å². The first-order valence-electron chi connectivity index (χ1n) is 6.39. The molecule has 1 aliphatic rings. The van der Waals surface area contributed by atoms with Gasteiger partial charge in [0.15, 0.2) is 0 Å². The Kier molecular flexibility index (Phi) is 13.2. The molecule has 0 unspecified atom stereocenters. The van der Waals surface area contributed by atoms with Gasteiger partial charge in [0, 0.05) is 0 Å². The van der Waals surface area contributed by atoms with Crippen LogP contribution in [0.5, 0.6) is 0 Å². The van der Waals surface area contributed by atoms with Crippen molar-refractivity contribution in [1.29, 1.82) is 0 Å². The summed E-state index contributed by atoms with van der Waals surface area (Å²) < 4.78 is 5.35. The second-order valence-electron chi connectivity index (χ2n) is 3.08. The van der Waals surface area contributed by atoms with Gasteiger partial charge in [0.1, 0.15) is 5.76 Å². The lowest BCUT2D eigenvalue weighted by Gasteiger charge is -2.18. The summed E-state index contributed by atoms with van der Waals surface area (Å²) in [5.74, 6) is 0.849. The molecule has 0 N–H and O–H groups in total. The monoisotopic (exact) mass is 224 g/mol. The number of ether oxygens (including phenoxy) is 1. The van der Waals surface area contributed by atoms with Crippen molar-refractivity contribution in [1.82, 2.24) is 0 Å². The molecule has 1 fully saturated rings. The Morgan fingerprint density at radius 1 is 1.25 bits per heavy atom. The van der Waals surface area contributed by atoms with E-state index in [9.17, 15) is 0 Å². The lowest BCUT2D eigenvalue weighted by atomic mass is 10.0. The molecule has 0 aromatic heterocycles. The van der Waals surface area contributed by atoms with Crippen LogP contribution in [-0.4, -0.2) is 6.61 Å². The Bertz CT molecular complexity index is 234. The van der Waals surface area contributed by atoms with E-state index in [2.05, 4.69) is 25.7 Å². The maximum atomic E-state index is 5.35. The van der Waals surface area contributed by atoms with E-state index in [0.29, 0.717) is 0 Å². The summed E-state index contributed by atoms with van der Waals surface area (Å²) in [6, 6.07) is 0. The molecular formula is C15H28O. The molecule has 0 atom stereocenters. The van der Waals surface area contributed by atoms with Crippen molar-refractivity contribution in [2.45, 2.75) is 54.4 Å². The standard InChI is InChI=1S/C11H16O.2C2H6/c1-4-9(2)8-11-6-5-7-12-10(11)3;2*1-2/h4,8H,3,5-7H2,1-2H3;2*1-2H3/b9-4-,11-8-;;. The molecule has 0 spiro atoms. The molecule has 1 heterocycles. The smallest absolute Gasteiger partial charge is 0.115 e. The molecule has 0 bridgehead atoms. The third-order valence-electron chi connectivity index (χ3n) is 2.08. The van der Waals surface area contributed by atoms with Crippen LogP contribution in [0.4, 0.5) is 0 Å². The molecule has 0 amide bonds. The van der Waals surface area contributed by atoms with Gasteiger partial charge in [-0.2, -0.15) is 0 Å². The Morgan fingerprint density at radius 3 is 2.25 bits per heavy atom. The molecule has 0 aromatic rings. The van der Waals surface area contributed by atoms with Crippen LogP contribution in [0.2, 0.25) is 0 Å². The first kappa shape index (κ1) is 17.4. The Labute approximate surface area is 102 Å². The summed E-state index contributed by atoms with van der Waals surface area (Å²) in [6.07, 6.45) is 6.46. The zero-order valence-electron chi connectivity index (χ0n) is 11.9. The zero-order valence-corrected chi connectivity index (χ0v) is 11.9. The Balaban J connectivity index is 0. The quantitative estimate of drug-likeness (QED) is 0.590. The Morgan fingerprint density at radius 2 is 1.81 bits per heavy atom. The molecule has 0 aromatic carbocycles. The fourth-order valence-corrected chi connectivity index (χ4v) is 1.20. The first-order chi connectivity index (χ1) is 7.74. The molecule has 0 aliphatic carbocycles. The van der Waals surface area contributed by atoms with Crippen molar-refractivity contribution in [3.8, 4) is 0 Å². The van der Waals surface area contributed by atoms with Crippen molar-refractivity contribution in [2.24, 2.45) is 0 Å². The van der Waals surface area contributed by atoms with Gasteiger partial charge in [0.2, 0.25) is 0 Å². The van der Waals surface area contributed by atoms with E-state index in [4.69, 9.17) is 4.74 Å². The molecule has 16 heavy (non-hydrogen) atoms. The minimum atomic E-state index is 0.824. The van der Waals surface area contributed by atoms with Gasteiger partial charge < -0.3 is 4.74 Å². The topological polar surface area (TPSA) is 9.23 Å². The van der Waals surface area contributed by atoms with Crippen LogP contribution in [0, 0.1) is 0 Å². The van der Waals surface area contributed by atoms with Crippen LogP contribution in [0.1, 0.15) is 54.4 Å². The van der Waals surface area contributed by atoms with Gasteiger partial charge >= 0.3 is 0 Å². The molecule has 0 saturated carbocycles. The summed E-state index contributed by atoms with van der Waals surface area (Å²) in [6.45, 7) is 16.8. The van der Waals surface area contributed by atoms with Gasteiger partial charge in [-0.1, -0.05) is 52.0 Å². The van der Waals surface area contributed by atoms with Gasteiger partial charge in [-0.05, 0) is 32.3 Å². The molecule has 1 aliphatic heterocycles. The van der Waals surface area contributed by atoms with Crippen molar-refractivity contribution < 1.29 is 4.74 Å². The van der Waals surface area contributed by atoms with E-state index < -0.39 is 0 Å². The summed E-state index contributed by atoms with van der Waals surface area (Å²) in [5, 5.41) is 0. The number of hydrogen-bond donors (Lipinski definition) is 0. The fourth-order valence-electron chi connectivity index (χ4n) is 1.20. The highest BCUT2D eigenvalue weighted by atomic mass is 16.5. The number of rotatable bonds is 1. The van der Waals surface area contributed by atoms with Crippen LogP contribution in [0.15, 0.2) is 35.6 Å². The average Bonchev–Trinajstić information content (AvgIpc) is 2.37. The minimum absolute atomic E-state index is 0.824. The normalized spacial score (nSPS) is 17.8. The lowest BCUT2D eigenvalue weighted by Crippen LogP contribution is -2.05. The zero-order chi connectivity index (χ0) is 13.0. The minimum Gasteiger partial charge on any atom is -0.494 e. The SMILES string of the molecule is C=C1OCCC/C1=C/C(C)=C\C.CC.CC. The predicted molar refractivity (Wildman–Crippen MR) is 74.5 cm³/mol. The number of allylic oxidation sites excluding steroid dienone is 4. The summed E-state index contributed by atoms with van der Waals surface area (Å²) in [7, 11) is 0. The largest absolute Gasteiger partial charge is 0.494 e. The van der Waals surface area contributed by atoms with E-state index >= 15 is 0 Å². The summed E-state index contributed by atoms with van der Waals surface area (Å²) in [4.78, 5) is 0. The van der Waals surface area contributed by atoms with E-state index in [1.807, 2.05) is 34.6 Å². The third-order valence-corrected chi connectivity index (χ3v) is 2.08. The predicted octanol–water partition coefficient (Wildman–Crippen LogP) is 5.26. The van der Waals surface area contributed by atoms with Crippen LogP contribution in [0.3, 0.4) is 0 Å². The molecule has 0 radical (unpaired) electrons. The van der Waals surface area contributed by atoms with Crippen LogP contribution >= 0.6 is 0 Å². The highest BCUT2D eigenvalue weighted by molar-refractivity contribution is 5.32. The van der Waals surface area contributed by atoms with E-state index in [-0.39, 0.29) is 0 Å². The van der Waals surface area contributed by atoms with E-state index in [1.165, 1.54) is 11.1 Å². The van der Waals surface area contributed by atoms with Gasteiger partial charge in [-0.15, -0.1) is 0 Å². The molecule has 1 saturated heterocycles. The average molecular weight is 224 g/mol. The fraction of sp³-hybridized carbons (Fsp3) is 0.600. The van der Waals surface area contributed by atoms with Gasteiger partial charge in [0.25, 0.3) is 0 Å². The van der Waals surface area contributed by atoms with Gasteiger partial charge in [-0.25, -0.2) is 0 Å². The lowest BCUT2D eigenvalue weighted by molar-refractivity contribution is 0.195. The molecule has 1 rings (SSSR count). The highest BCUT2D eigenvalue weighted by Gasteiger charge is 2.09. The van der Waals surface area contributed by atoms with Crippen molar-refractivity contribution >= 4 is 0 Å². The van der Waals surface area contributed by atoms with Crippen LogP contribution in [0.25, 0.3) is 0 Å². The third kappa shape index (κ3) is 7.33. The maximum Gasteiger partial charge on any atom is 0.115 e. The van der Waals surface area contributed by atoms with Crippen LogP contribution in [-0.2, 0) is 4.74 Å². The van der Waals surface area contributed by atoms with Crippen molar-refractivity contribution in [3.05, 3.63) is 35.6 Å². The van der Waals surface area contributed by atoms with Gasteiger partial charge in [0.05, 0.1) is 6.61 Å². The summed E-state index contributed by atoms with van der Waals surface area (Å²) in [5.41, 5.74) is 2.52. The van der Waals surface area contributed by atoms with Gasteiger partial charge in [-0.3, -0.25) is 0 Å². The molecular weight excluding hydrogens is 196 g/mol. The van der Waals surface area contributed by atoms with Crippen LogP contribution < -0.4 is 0 Å². The second kappa shape index (κ2) is 12.1. The highest BCUT2D eigenvalue weighted by Crippen LogP contribution is 2.22. The van der Waals surface area contributed by atoms with E-state index in [0.717, 1.165) is 25.2 Å². The molecule has 1 nitrogen and oxygen atoms in total. The Hall–Kier alpha value is -0.980.